The van der Waals surface area contributed by atoms with E-state index >= 15 is 0 Å². The number of aryl methyl sites for hydroxylation is 1. The van der Waals surface area contributed by atoms with Gasteiger partial charge in [0.05, 0.1) is 0 Å². The van der Waals surface area contributed by atoms with Crippen LogP contribution in [0.4, 0.5) is 15.8 Å². The van der Waals surface area contributed by atoms with Gasteiger partial charge < -0.3 is 10.6 Å². The van der Waals surface area contributed by atoms with Crippen molar-refractivity contribution < 1.29 is 4.39 Å². The van der Waals surface area contributed by atoms with Crippen molar-refractivity contribution in [2.75, 3.05) is 17.7 Å². The first-order valence-electron chi connectivity index (χ1n) is 7.95. The molecule has 122 valence electrons. The molecule has 0 bridgehead atoms. The van der Waals surface area contributed by atoms with E-state index in [0.29, 0.717) is 5.56 Å². The van der Waals surface area contributed by atoms with E-state index in [4.69, 9.17) is 5.73 Å². The van der Waals surface area contributed by atoms with Crippen molar-refractivity contribution in [1.82, 2.24) is 0 Å². The van der Waals surface area contributed by atoms with E-state index < -0.39 is 0 Å². The molecule has 0 aliphatic heterocycles. The Balaban J connectivity index is 1.91. The lowest BCUT2D eigenvalue weighted by Crippen LogP contribution is -2.16. The second-order valence-corrected chi connectivity index (χ2v) is 6.13. The predicted molar refractivity (Wildman–Crippen MR) is 99.5 cm³/mol. The summed E-state index contributed by atoms with van der Waals surface area (Å²) in [5, 5.41) is 0. The van der Waals surface area contributed by atoms with E-state index in [1.165, 1.54) is 11.6 Å². The first-order valence-corrected chi connectivity index (χ1v) is 7.95. The Morgan fingerprint density at radius 3 is 2.38 bits per heavy atom. The Bertz CT molecular complexity index is 841. The fourth-order valence-corrected chi connectivity index (χ4v) is 2.82. The third-order valence-corrected chi connectivity index (χ3v) is 4.09. The third-order valence-electron chi connectivity index (χ3n) is 4.09. The molecule has 0 fully saturated rings. The molecule has 0 aliphatic carbocycles. The van der Waals surface area contributed by atoms with E-state index in [0.717, 1.165) is 29.0 Å². The quantitative estimate of drug-likeness (QED) is 0.684. The van der Waals surface area contributed by atoms with Crippen LogP contribution in [0.3, 0.4) is 0 Å². The molecule has 3 heteroatoms. The van der Waals surface area contributed by atoms with Crippen LogP contribution < -0.4 is 10.6 Å². The van der Waals surface area contributed by atoms with Crippen molar-refractivity contribution in [3.63, 3.8) is 0 Å². The van der Waals surface area contributed by atoms with E-state index in [1.807, 2.05) is 62.5 Å². The maximum absolute atomic E-state index is 14.1. The maximum atomic E-state index is 14.1. The number of anilines is 2. The van der Waals surface area contributed by atoms with Gasteiger partial charge in [-0.2, -0.15) is 0 Å². The van der Waals surface area contributed by atoms with Crippen molar-refractivity contribution in [1.29, 1.82) is 0 Å². The molecule has 0 saturated heterocycles. The summed E-state index contributed by atoms with van der Waals surface area (Å²) in [6.45, 7) is 2.80. The Labute approximate surface area is 142 Å². The van der Waals surface area contributed by atoms with Gasteiger partial charge in [-0.05, 0) is 53.9 Å². The molecule has 2 N–H and O–H groups in total. The highest BCUT2D eigenvalue weighted by Crippen LogP contribution is 2.28. The van der Waals surface area contributed by atoms with E-state index in [-0.39, 0.29) is 5.82 Å². The molecule has 24 heavy (non-hydrogen) atoms. The summed E-state index contributed by atoms with van der Waals surface area (Å²) in [6.07, 6.45) is 0. The van der Waals surface area contributed by atoms with Crippen LogP contribution in [0.2, 0.25) is 0 Å². The van der Waals surface area contributed by atoms with Gasteiger partial charge in [0, 0.05) is 30.5 Å². The Kier molecular flexibility index (Phi) is 4.52. The standard InChI is InChI=1S/C21H21FN2/c1-15-11-17(20-5-3-4-6-21(20)22)13-19(12-15)24(2)14-16-7-9-18(23)10-8-16/h3-13H,14,23H2,1-2H3. The van der Waals surface area contributed by atoms with Gasteiger partial charge >= 0.3 is 0 Å². The van der Waals surface area contributed by atoms with Crippen LogP contribution in [0, 0.1) is 12.7 Å². The third kappa shape index (κ3) is 3.57. The molecule has 0 aromatic heterocycles. The average molecular weight is 320 g/mol. The number of halogens is 1. The molecular formula is C21H21FN2. The van der Waals surface area contributed by atoms with Crippen LogP contribution >= 0.6 is 0 Å². The van der Waals surface area contributed by atoms with Gasteiger partial charge in [0.25, 0.3) is 0 Å². The lowest BCUT2D eigenvalue weighted by molar-refractivity contribution is 0.631. The first-order chi connectivity index (χ1) is 11.5. The molecule has 0 radical (unpaired) electrons. The van der Waals surface area contributed by atoms with Crippen LogP contribution in [0.25, 0.3) is 11.1 Å². The summed E-state index contributed by atoms with van der Waals surface area (Å²) in [5.41, 5.74) is 11.4. The highest BCUT2D eigenvalue weighted by molar-refractivity contribution is 5.70. The van der Waals surface area contributed by atoms with Gasteiger partial charge in [-0.25, -0.2) is 4.39 Å². The Morgan fingerprint density at radius 2 is 1.67 bits per heavy atom. The zero-order valence-corrected chi connectivity index (χ0v) is 14.0. The smallest absolute Gasteiger partial charge is 0.131 e. The number of hydrogen-bond donors (Lipinski definition) is 1. The molecule has 0 saturated carbocycles. The van der Waals surface area contributed by atoms with Crippen molar-refractivity contribution in [2.24, 2.45) is 0 Å². The molecule has 3 aromatic carbocycles. The zero-order valence-electron chi connectivity index (χ0n) is 14.0. The number of nitrogens with two attached hydrogens (primary N) is 1. The van der Waals surface area contributed by atoms with Gasteiger partial charge in [0.2, 0.25) is 0 Å². The lowest BCUT2D eigenvalue weighted by atomic mass is 10.0. The fourth-order valence-electron chi connectivity index (χ4n) is 2.82. The number of nitrogen functional groups attached to an aromatic ring is 1. The highest BCUT2D eigenvalue weighted by Gasteiger charge is 2.09. The minimum Gasteiger partial charge on any atom is -0.399 e. The summed E-state index contributed by atoms with van der Waals surface area (Å²) >= 11 is 0. The van der Waals surface area contributed by atoms with Gasteiger partial charge in [0.1, 0.15) is 5.82 Å². The monoisotopic (exact) mass is 320 g/mol. The highest BCUT2D eigenvalue weighted by atomic mass is 19.1. The number of nitrogens with zero attached hydrogens (tertiary/aromatic N) is 1. The normalized spacial score (nSPS) is 10.6. The van der Waals surface area contributed by atoms with Crippen LogP contribution in [0.5, 0.6) is 0 Å². The van der Waals surface area contributed by atoms with Gasteiger partial charge in [-0.1, -0.05) is 36.4 Å². The van der Waals surface area contributed by atoms with Crippen LogP contribution in [0.1, 0.15) is 11.1 Å². The van der Waals surface area contributed by atoms with E-state index in [9.17, 15) is 4.39 Å². The lowest BCUT2D eigenvalue weighted by Gasteiger charge is -2.21. The molecule has 0 amide bonds. The topological polar surface area (TPSA) is 29.3 Å². The molecule has 0 spiro atoms. The number of rotatable bonds is 4. The molecule has 0 unspecified atom stereocenters. The first kappa shape index (κ1) is 16.1. The summed E-state index contributed by atoms with van der Waals surface area (Å²) in [7, 11) is 2.04. The maximum Gasteiger partial charge on any atom is 0.131 e. The number of hydrogen-bond acceptors (Lipinski definition) is 2. The van der Waals surface area contributed by atoms with Crippen LogP contribution in [0.15, 0.2) is 66.7 Å². The zero-order chi connectivity index (χ0) is 17.1. The largest absolute Gasteiger partial charge is 0.399 e. The minimum atomic E-state index is -0.199. The van der Waals surface area contributed by atoms with Crippen molar-refractivity contribution in [3.05, 3.63) is 83.7 Å². The van der Waals surface area contributed by atoms with Crippen LogP contribution in [-0.4, -0.2) is 7.05 Å². The molecule has 3 rings (SSSR count). The molecule has 0 aliphatic rings. The molecular weight excluding hydrogens is 299 g/mol. The second kappa shape index (κ2) is 6.75. The van der Waals surface area contributed by atoms with Gasteiger partial charge in [-0.15, -0.1) is 0 Å². The summed E-state index contributed by atoms with van der Waals surface area (Å²) < 4.78 is 14.1. The SMILES string of the molecule is Cc1cc(-c2ccccc2F)cc(N(C)Cc2ccc(N)cc2)c1. The predicted octanol–water partition coefficient (Wildman–Crippen LogP) is 5.02. The van der Waals surface area contributed by atoms with Gasteiger partial charge in [0.15, 0.2) is 0 Å². The molecule has 0 heterocycles. The minimum absolute atomic E-state index is 0.199. The fraction of sp³-hybridized carbons (Fsp3) is 0.143. The second-order valence-electron chi connectivity index (χ2n) is 6.13. The summed E-state index contributed by atoms with van der Waals surface area (Å²) in [6, 6.07) is 20.9. The van der Waals surface area contributed by atoms with Crippen molar-refractivity contribution >= 4 is 11.4 Å². The molecule has 3 aromatic rings. The van der Waals surface area contributed by atoms with E-state index in [2.05, 4.69) is 11.0 Å². The Morgan fingerprint density at radius 1 is 0.958 bits per heavy atom. The molecule has 2 nitrogen and oxygen atoms in total. The summed E-state index contributed by atoms with van der Waals surface area (Å²) in [5.74, 6) is -0.199. The van der Waals surface area contributed by atoms with Crippen LogP contribution in [-0.2, 0) is 6.54 Å². The van der Waals surface area contributed by atoms with E-state index in [1.54, 1.807) is 6.07 Å². The summed E-state index contributed by atoms with van der Waals surface area (Å²) in [4.78, 5) is 2.16. The average Bonchev–Trinajstić information content (AvgIpc) is 2.57. The number of benzene rings is 3. The van der Waals surface area contributed by atoms with Crippen molar-refractivity contribution in [3.8, 4) is 11.1 Å². The van der Waals surface area contributed by atoms with Crippen molar-refractivity contribution in [2.45, 2.75) is 13.5 Å². The van der Waals surface area contributed by atoms with Gasteiger partial charge in [-0.3, -0.25) is 0 Å². The molecule has 0 atom stereocenters. The Hall–Kier alpha value is -2.81.